The van der Waals surface area contributed by atoms with Gasteiger partial charge in [0.15, 0.2) is 12.7 Å². The van der Waals surface area contributed by atoms with Crippen LogP contribution in [0.5, 0.6) is 11.5 Å². The number of benzene rings is 2. The summed E-state index contributed by atoms with van der Waals surface area (Å²) in [7, 11) is 0. The molecule has 0 unspecified atom stereocenters. The Morgan fingerprint density at radius 2 is 1.85 bits per heavy atom. The van der Waals surface area contributed by atoms with E-state index in [4.69, 9.17) is 32.7 Å². The van der Waals surface area contributed by atoms with Crippen molar-refractivity contribution >= 4 is 35.0 Å². The highest BCUT2D eigenvalue weighted by atomic mass is 35.5. The van der Waals surface area contributed by atoms with Gasteiger partial charge >= 0.3 is 0 Å². The third-order valence-corrected chi connectivity index (χ3v) is 7.31. The van der Waals surface area contributed by atoms with Crippen molar-refractivity contribution in [2.24, 2.45) is 0 Å². The average molecular weight is 491 g/mol. The number of hydrogen-bond donors (Lipinski definition) is 3. The van der Waals surface area contributed by atoms with E-state index in [0.29, 0.717) is 46.4 Å². The second kappa shape index (κ2) is 8.08. The quantitative estimate of drug-likeness (QED) is 0.575. The third kappa shape index (κ3) is 4.25. The lowest BCUT2D eigenvalue weighted by atomic mass is 9.44. The van der Waals surface area contributed by atoms with Crippen LogP contribution in [0.25, 0.3) is 0 Å². The van der Waals surface area contributed by atoms with E-state index in [1.807, 2.05) is 6.92 Å². The number of halogens is 2. The van der Waals surface area contributed by atoms with Crippen LogP contribution in [0.4, 0.5) is 0 Å². The van der Waals surface area contributed by atoms with Crippen LogP contribution in [0.3, 0.4) is 0 Å². The molecular formula is C24H24Cl2N2O5. The molecular weight excluding hydrogens is 467 g/mol. The number of carbonyl (C=O) groups excluding carboxylic acids is 2. The third-order valence-electron chi connectivity index (χ3n) is 6.65. The van der Waals surface area contributed by atoms with Gasteiger partial charge in [-0.3, -0.25) is 9.59 Å². The van der Waals surface area contributed by atoms with E-state index in [0.717, 1.165) is 5.56 Å². The zero-order valence-electron chi connectivity index (χ0n) is 18.0. The first-order valence-corrected chi connectivity index (χ1v) is 11.6. The van der Waals surface area contributed by atoms with Gasteiger partial charge in [-0.25, -0.2) is 0 Å². The number of aliphatic hydroxyl groups is 1. The van der Waals surface area contributed by atoms with Gasteiger partial charge in [0.1, 0.15) is 11.5 Å². The van der Waals surface area contributed by atoms with Crippen LogP contribution in [0, 0.1) is 6.92 Å². The maximum Gasteiger partial charge on any atom is 0.261 e. The zero-order valence-corrected chi connectivity index (χ0v) is 19.5. The lowest BCUT2D eigenvalue weighted by Crippen LogP contribution is -2.84. The molecule has 3 fully saturated rings. The molecule has 2 atom stereocenters. The van der Waals surface area contributed by atoms with Crippen molar-refractivity contribution in [3.05, 3.63) is 57.6 Å². The largest absolute Gasteiger partial charge is 0.484 e. The first kappa shape index (κ1) is 22.3. The summed E-state index contributed by atoms with van der Waals surface area (Å²) >= 11 is 12.0. The van der Waals surface area contributed by atoms with E-state index in [9.17, 15) is 14.7 Å². The second-order valence-corrected chi connectivity index (χ2v) is 10.2. The number of amides is 2. The van der Waals surface area contributed by atoms with E-state index < -0.39 is 12.2 Å². The molecule has 0 spiro atoms. The maximum absolute atomic E-state index is 12.8. The van der Waals surface area contributed by atoms with Crippen molar-refractivity contribution in [1.29, 1.82) is 0 Å². The Hall–Kier alpha value is -2.48. The van der Waals surface area contributed by atoms with Crippen molar-refractivity contribution in [3.63, 3.8) is 0 Å². The molecule has 0 saturated heterocycles. The molecule has 3 saturated carbocycles. The summed E-state index contributed by atoms with van der Waals surface area (Å²) in [4.78, 5) is 25.1. The molecule has 2 aromatic carbocycles. The van der Waals surface area contributed by atoms with Crippen molar-refractivity contribution in [2.75, 3.05) is 6.61 Å². The van der Waals surface area contributed by atoms with Crippen LogP contribution in [0.1, 0.15) is 42.9 Å². The Morgan fingerprint density at radius 3 is 2.58 bits per heavy atom. The minimum Gasteiger partial charge on any atom is -0.484 e. The molecule has 6 rings (SSSR count). The number of aliphatic hydroxyl groups excluding tert-OH is 1. The molecule has 9 heteroatoms. The van der Waals surface area contributed by atoms with E-state index in [-0.39, 0.29) is 35.9 Å². The predicted molar refractivity (Wildman–Crippen MR) is 123 cm³/mol. The first-order valence-electron chi connectivity index (χ1n) is 10.8. The molecule has 1 aliphatic heterocycles. The van der Waals surface area contributed by atoms with Gasteiger partial charge in [0.2, 0.25) is 0 Å². The van der Waals surface area contributed by atoms with Crippen molar-refractivity contribution in [3.8, 4) is 11.5 Å². The Morgan fingerprint density at radius 1 is 1.12 bits per heavy atom. The highest BCUT2D eigenvalue weighted by Gasteiger charge is 2.69. The Labute approximate surface area is 201 Å². The van der Waals surface area contributed by atoms with Gasteiger partial charge in [0, 0.05) is 33.1 Å². The Bertz CT molecular complexity index is 1120. The van der Waals surface area contributed by atoms with Crippen LogP contribution in [0.2, 0.25) is 10.0 Å². The summed E-state index contributed by atoms with van der Waals surface area (Å²) < 4.78 is 11.4. The van der Waals surface area contributed by atoms with Gasteiger partial charge < -0.3 is 25.2 Å². The monoisotopic (exact) mass is 490 g/mol. The smallest absolute Gasteiger partial charge is 0.261 e. The summed E-state index contributed by atoms with van der Waals surface area (Å²) in [6, 6.07) is 10.2. The van der Waals surface area contributed by atoms with Gasteiger partial charge in [-0.15, -0.1) is 0 Å². The van der Waals surface area contributed by atoms with Crippen LogP contribution in [0.15, 0.2) is 36.4 Å². The van der Waals surface area contributed by atoms with E-state index in [2.05, 4.69) is 10.6 Å². The van der Waals surface area contributed by atoms with Gasteiger partial charge in [-0.05, 0) is 68.1 Å². The summed E-state index contributed by atoms with van der Waals surface area (Å²) in [6.07, 6.45) is 0.575. The number of rotatable bonds is 6. The highest BCUT2D eigenvalue weighted by Crippen LogP contribution is 2.60. The minimum absolute atomic E-state index is 0.0839. The molecule has 33 heavy (non-hydrogen) atoms. The van der Waals surface area contributed by atoms with Crippen molar-refractivity contribution in [2.45, 2.75) is 55.9 Å². The lowest BCUT2D eigenvalue weighted by Gasteiger charge is -2.70. The molecule has 7 nitrogen and oxygen atoms in total. The molecule has 0 aromatic heterocycles. The molecule has 1 heterocycles. The lowest BCUT2D eigenvalue weighted by molar-refractivity contribution is -0.155. The SMILES string of the molecule is Cc1cc(OCC(=O)NC23CC(NC(=O)[C@@H]4C[C@@H](O)c5cc(Cl)ccc5O4)(C2)C3)ccc1Cl. The van der Waals surface area contributed by atoms with Crippen LogP contribution in [-0.4, -0.2) is 40.7 Å². The van der Waals surface area contributed by atoms with Crippen LogP contribution in [-0.2, 0) is 9.59 Å². The van der Waals surface area contributed by atoms with E-state index in [1.165, 1.54) is 0 Å². The number of fused-ring (bicyclic) bond motifs is 1. The summed E-state index contributed by atoms with van der Waals surface area (Å²) in [5.74, 6) is 0.606. The highest BCUT2D eigenvalue weighted by molar-refractivity contribution is 6.31. The number of ether oxygens (including phenoxy) is 2. The fraction of sp³-hybridized carbons (Fsp3) is 0.417. The molecule has 2 aromatic rings. The topological polar surface area (TPSA) is 96.9 Å². The molecule has 2 bridgehead atoms. The normalized spacial score (nSPS) is 29.0. The van der Waals surface area contributed by atoms with Crippen LogP contribution >= 0.6 is 23.2 Å². The maximum atomic E-state index is 12.8. The van der Waals surface area contributed by atoms with Gasteiger partial charge in [0.05, 0.1) is 6.10 Å². The molecule has 2 amide bonds. The average Bonchev–Trinajstić information content (AvgIpc) is 2.72. The van der Waals surface area contributed by atoms with Gasteiger partial charge in [-0.2, -0.15) is 0 Å². The van der Waals surface area contributed by atoms with Crippen molar-refractivity contribution < 1.29 is 24.2 Å². The van der Waals surface area contributed by atoms with Crippen molar-refractivity contribution in [1.82, 2.24) is 10.6 Å². The number of carbonyl (C=O) groups is 2. The fourth-order valence-electron chi connectivity index (χ4n) is 5.16. The number of aryl methyl sites for hydroxylation is 1. The number of hydrogen-bond acceptors (Lipinski definition) is 5. The van der Waals surface area contributed by atoms with E-state index >= 15 is 0 Å². The van der Waals surface area contributed by atoms with Crippen LogP contribution < -0.4 is 20.1 Å². The molecule has 0 radical (unpaired) electrons. The standard InChI is InChI=1S/C24H24Cl2N2O5/c1-13-6-15(3-4-17(13)26)32-9-21(30)27-23-10-24(11-23,12-23)28-22(31)20-8-18(29)16-7-14(25)2-5-19(16)33-20/h2-7,18,20,29H,8-12H2,1H3,(H,27,30)(H,28,31)/t18-,20+,23?,24?/m1/s1. The molecule has 174 valence electrons. The first-order chi connectivity index (χ1) is 15.7. The Balaban J connectivity index is 1.10. The Kier molecular flexibility index (Phi) is 5.46. The molecule has 3 aliphatic carbocycles. The number of nitrogens with one attached hydrogen (secondary N) is 2. The second-order valence-electron chi connectivity index (χ2n) is 9.37. The van der Waals surface area contributed by atoms with Gasteiger partial charge in [-0.1, -0.05) is 23.2 Å². The molecule has 3 N–H and O–H groups in total. The summed E-state index contributed by atoms with van der Waals surface area (Å²) in [5.41, 5.74) is 0.857. The van der Waals surface area contributed by atoms with Gasteiger partial charge in [0.25, 0.3) is 11.8 Å². The predicted octanol–water partition coefficient (Wildman–Crippen LogP) is 3.47. The molecule has 4 aliphatic rings. The fourth-order valence-corrected chi connectivity index (χ4v) is 5.46. The summed E-state index contributed by atoms with van der Waals surface area (Å²) in [6.45, 7) is 1.79. The van der Waals surface area contributed by atoms with E-state index in [1.54, 1.807) is 36.4 Å². The zero-order chi connectivity index (χ0) is 23.4. The minimum atomic E-state index is -0.814. The summed E-state index contributed by atoms with van der Waals surface area (Å²) in [5, 5.41) is 17.7.